The van der Waals surface area contributed by atoms with Gasteiger partial charge in [0.2, 0.25) is 0 Å². The third kappa shape index (κ3) is 4.46. The van der Waals surface area contributed by atoms with Gasteiger partial charge in [-0.15, -0.1) is 22.9 Å². The first kappa shape index (κ1) is 10.8. The first-order chi connectivity index (χ1) is 6.33. The maximum Gasteiger partial charge on any atom is 0.0685 e. The van der Waals surface area contributed by atoms with Gasteiger partial charge in [0.25, 0.3) is 0 Å². The number of ether oxygens (including phenoxy) is 1. The average Bonchev–Trinajstić information content (AvgIpc) is 2.64. The van der Waals surface area contributed by atoms with Crippen molar-refractivity contribution in [2.45, 2.75) is 6.42 Å². The minimum absolute atomic E-state index is 0.485. The largest absolute Gasteiger partial charge is 0.377 e. The van der Waals surface area contributed by atoms with Crippen molar-refractivity contribution < 1.29 is 4.74 Å². The van der Waals surface area contributed by atoms with Crippen LogP contribution in [0.2, 0.25) is 0 Å². The second kappa shape index (κ2) is 6.19. The molecule has 0 bridgehead atoms. The van der Waals surface area contributed by atoms with Gasteiger partial charge >= 0.3 is 0 Å². The van der Waals surface area contributed by atoms with Crippen LogP contribution in [-0.2, 0) is 11.2 Å². The zero-order valence-electron chi connectivity index (χ0n) is 7.46. The van der Waals surface area contributed by atoms with Gasteiger partial charge < -0.3 is 4.74 Å². The van der Waals surface area contributed by atoms with Gasteiger partial charge in [0.15, 0.2) is 0 Å². The Kier molecular flexibility index (Phi) is 5.13. The molecule has 0 amide bonds. The van der Waals surface area contributed by atoms with E-state index in [1.807, 2.05) is 0 Å². The molecule has 0 saturated heterocycles. The minimum atomic E-state index is 0.485. The van der Waals surface area contributed by atoms with E-state index in [4.69, 9.17) is 16.3 Å². The summed E-state index contributed by atoms with van der Waals surface area (Å²) in [5, 5.41) is 2.08. The lowest BCUT2D eigenvalue weighted by Gasteiger charge is -2.02. The number of alkyl halides is 1. The molecule has 1 heterocycles. The lowest BCUT2D eigenvalue weighted by molar-refractivity contribution is 0.160. The monoisotopic (exact) mass is 216 g/mol. The normalized spacial score (nSPS) is 10.2. The molecule has 0 saturated carbocycles. The van der Waals surface area contributed by atoms with Crippen molar-refractivity contribution in [3.05, 3.63) is 34.5 Å². The lowest BCUT2D eigenvalue weighted by atomic mass is 10.3. The molecule has 0 aromatic carbocycles. The van der Waals surface area contributed by atoms with Crippen molar-refractivity contribution in [1.29, 1.82) is 0 Å². The molecule has 0 aliphatic heterocycles. The van der Waals surface area contributed by atoms with Gasteiger partial charge in [0.05, 0.1) is 13.2 Å². The van der Waals surface area contributed by atoms with E-state index >= 15 is 0 Å². The van der Waals surface area contributed by atoms with E-state index in [1.54, 1.807) is 11.3 Å². The summed E-state index contributed by atoms with van der Waals surface area (Å²) < 4.78 is 5.38. The van der Waals surface area contributed by atoms with E-state index in [0.717, 1.165) is 18.6 Å². The molecule has 0 atom stereocenters. The highest BCUT2D eigenvalue weighted by Gasteiger charge is 1.95. The predicted molar refractivity (Wildman–Crippen MR) is 58.7 cm³/mol. The van der Waals surface area contributed by atoms with Gasteiger partial charge in [-0.3, -0.25) is 0 Å². The van der Waals surface area contributed by atoms with Crippen molar-refractivity contribution in [2.75, 3.05) is 19.1 Å². The van der Waals surface area contributed by atoms with E-state index in [0.29, 0.717) is 12.5 Å². The fourth-order valence-corrected chi connectivity index (χ4v) is 1.65. The highest BCUT2D eigenvalue weighted by atomic mass is 35.5. The lowest BCUT2D eigenvalue weighted by Crippen LogP contribution is -2.01. The van der Waals surface area contributed by atoms with Crippen molar-refractivity contribution in [2.24, 2.45) is 0 Å². The van der Waals surface area contributed by atoms with Crippen LogP contribution in [0.5, 0.6) is 0 Å². The number of halogens is 1. The molecule has 1 nitrogen and oxygen atoms in total. The number of hydrogen-bond donors (Lipinski definition) is 0. The molecule has 1 aromatic heterocycles. The van der Waals surface area contributed by atoms with E-state index < -0.39 is 0 Å². The summed E-state index contributed by atoms with van der Waals surface area (Å²) in [4.78, 5) is 1.36. The summed E-state index contributed by atoms with van der Waals surface area (Å²) in [6, 6.07) is 4.17. The molecule has 0 N–H and O–H groups in total. The quantitative estimate of drug-likeness (QED) is 0.404. The van der Waals surface area contributed by atoms with Gasteiger partial charge in [-0.25, -0.2) is 0 Å². The van der Waals surface area contributed by atoms with Crippen molar-refractivity contribution in [3.8, 4) is 0 Å². The van der Waals surface area contributed by atoms with Crippen LogP contribution in [0.1, 0.15) is 4.88 Å². The zero-order chi connectivity index (χ0) is 9.52. The SMILES string of the molecule is C=C(CCl)COCCc1cccs1. The molecule has 1 aromatic rings. The third-order valence-electron chi connectivity index (χ3n) is 1.57. The Morgan fingerprint density at radius 3 is 3.08 bits per heavy atom. The van der Waals surface area contributed by atoms with Gasteiger partial charge in [-0.1, -0.05) is 12.6 Å². The van der Waals surface area contributed by atoms with Gasteiger partial charge in [0.1, 0.15) is 0 Å². The molecule has 72 valence electrons. The second-order valence-electron chi connectivity index (χ2n) is 2.77. The maximum absolute atomic E-state index is 5.55. The van der Waals surface area contributed by atoms with Gasteiger partial charge in [0, 0.05) is 17.2 Å². The Morgan fingerprint density at radius 2 is 2.46 bits per heavy atom. The summed E-state index contributed by atoms with van der Waals surface area (Å²) in [5.41, 5.74) is 0.938. The summed E-state index contributed by atoms with van der Waals surface area (Å²) in [6.07, 6.45) is 0.979. The van der Waals surface area contributed by atoms with E-state index in [2.05, 4.69) is 24.1 Å². The van der Waals surface area contributed by atoms with E-state index in [-0.39, 0.29) is 0 Å². The second-order valence-corrected chi connectivity index (χ2v) is 4.07. The first-order valence-corrected chi connectivity index (χ1v) is 5.57. The van der Waals surface area contributed by atoms with E-state index in [1.165, 1.54) is 4.88 Å². The molecular weight excluding hydrogens is 204 g/mol. The fraction of sp³-hybridized carbons (Fsp3) is 0.400. The summed E-state index contributed by atoms with van der Waals surface area (Å²) in [7, 11) is 0. The number of thiophene rings is 1. The van der Waals surface area contributed by atoms with Crippen LogP contribution >= 0.6 is 22.9 Å². The molecule has 3 heteroatoms. The molecule has 0 radical (unpaired) electrons. The smallest absolute Gasteiger partial charge is 0.0685 e. The van der Waals surface area contributed by atoms with Gasteiger partial charge in [-0.05, 0) is 17.0 Å². The molecule has 0 fully saturated rings. The standard InChI is InChI=1S/C10H13ClOS/c1-9(7-11)8-12-5-4-10-3-2-6-13-10/h2-3,6H,1,4-5,7-8H2. The Morgan fingerprint density at radius 1 is 1.62 bits per heavy atom. The Labute approximate surface area is 88.0 Å². The molecule has 0 spiro atoms. The summed E-state index contributed by atoms with van der Waals surface area (Å²) >= 11 is 7.31. The number of rotatable bonds is 6. The van der Waals surface area contributed by atoms with Crippen molar-refractivity contribution in [3.63, 3.8) is 0 Å². The molecule has 0 unspecified atom stereocenters. The Hall–Kier alpha value is -0.310. The van der Waals surface area contributed by atoms with Crippen molar-refractivity contribution in [1.82, 2.24) is 0 Å². The highest BCUT2D eigenvalue weighted by molar-refractivity contribution is 7.09. The summed E-state index contributed by atoms with van der Waals surface area (Å²) in [6.45, 7) is 5.08. The van der Waals surface area contributed by atoms with Crippen LogP contribution in [0.4, 0.5) is 0 Å². The van der Waals surface area contributed by atoms with Crippen LogP contribution in [0.15, 0.2) is 29.7 Å². The topological polar surface area (TPSA) is 9.23 Å². The van der Waals surface area contributed by atoms with Crippen LogP contribution in [-0.4, -0.2) is 19.1 Å². The number of hydrogen-bond acceptors (Lipinski definition) is 2. The third-order valence-corrected chi connectivity index (χ3v) is 2.88. The van der Waals surface area contributed by atoms with Crippen LogP contribution < -0.4 is 0 Å². The molecule has 13 heavy (non-hydrogen) atoms. The Bertz CT molecular complexity index is 243. The Balaban J connectivity index is 2.05. The zero-order valence-corrected chi connectivity index (χ0v) is 9.03. The average molecular weight is 217 g/mol. The first-order valence-electron chi connectivity index (χ1n) is 4.15. The predicted octanol–water partition coefficient (Wildman–Crippen LogP) is 3.10. The van der Waals surface area contributed by atoms with Crippen LogP contribution in [0, 0.1) is 0 Å². The molecule has 1 rings (SSSR count). The van der Waals surface area contributed by atoms with Crippen LogP contribution in [0.3, 0.4) is 0 Å². The highest BCUT2D eigenvalue weighted by Crippen LogP contribution is 2.09. The van der Waals surface area contributed by atoms with Gasteiger partial charge in [-0.2, -0.15) is 0 Å². The van der Waals surface area contributed by atoms with E-state index in [9.17, 15) is 0 Å². The molecular formula is C10H13ClOS. The molecule has 0 aliphatic rings. The fourth-order valence-electron chi connectivity index (χ4n) is 0.883. The summed E-state index contributed by atoms with van der Waals surface area (Å²) in [5.74, 6) is 0.485. The maximum atomic E-state index is 5.55. The van der Waals surface area contributed by atoms with Crippen LogP contribution in [0.25, 0.3) is 0 Å². The van der Waals surface area contributed by atoms with Crippen molar-refractivity contribution >= 4 is 22.9 Å². The molecule has 0 aliphatic carbocycles. The minimum Gasteiger partial charge on any atom is -0.377 e.